The minimum absolute atomic E-state index is 0. The van der Waals surface area contributed by atoms with E-state index in [4.69, 9.17) is 14.4 Å². The van der Waals surface area contributed by atoms with Crippen molar-refractivity contribution in [2.45, 2.75) is 6.10 Å². The second-order valence-corrected chi connectivity index (χ2v) is 2.59. The first-order valence-corrected chi connectivity index (χ1v) is 4.10. The zero-order chi connectivity index (χ0) is 9.78. The standard InChI is InChI=1S/C4H5O3.Cu.FH2O3P/c1-3-2-6-4(5)7-3;;1-5(2,3)4/h3H,1-2H2;;(H2,2,3,4)/q-1;+2;/p-2. The van der Waals surface area contributed by atoms with Gasteiger partial charge in [0.1, 0.15) is 14.5 Å². The Kier molecular flexibility index (Phi) is 7.49. The Morgan fingerprint density at radius 2 is 2.00 bits per heavy atom. The van der Waals surface area contributed by atoms with Gasteiger partial charge in [0.25, 0.3) is 0 Å². The molecule has 0 aliphatic carbocycles. The predicted octanol–water partition coefficient (Wildman–Crippen LogP) is -0.862. The van der Waals surface area contributed by atoms with E-state index in [-0.39, 0.29) is 23.2 Å². The Morgan fingerprint density at radius 3 is 2.08 bits per heavy atom. The van der Waals surface area contributed by atoms with Gasteiger partial charge in [-0.1, -0.05) is 0 Å². The van der Waals surface area contributed by atoms with Crippen molar-refractivity contribution < 1.29 is 49.9 Å². The van der Waals surface area contributed by atoms with Crippen LogP contribution in [0.2, 0.25) is 0 Å². The van der Waals surface area contributed by atoms with Gasteiger partial charge in [0.15, 0.2) is 0 Å². The topological polar surface area (TPSA) is 98.7 Å². The molecule has 0 aromatic carbocycles. The molecule has 1 aliphatic heterocycles. The molecular weight excluding hydrogens is 258 g/mol. The Labute approximate surface area is 84.2 Å². The fourth-order valence-electron chi connectivity index (χ4n) is 0.365. The number of cyclic esters (lactones) is 2. The first-order chi connectivity index (χ1) is 5.29. The van der Waals surface area contributed by atoms with E-state index in [0.717, 1.165) is 0 Å². The minimum atomic E-state index is -5.64. The summed E-state index contributed by atoms with van der Waals surface area (Å²) in [7, 11) is -5.64. The summed E-state index contributed by atoms with van der Waals surface area (Å²) >= 11 is 0. The summed E-state index contributed by atoms with van der Waals surface area (Å²) in [4.78, 5) is 26.8. The maximum atomic E-state index is 10.1. The molecule has 1 saturated heterocycles. The van der Waals surface area contributed by atoms with E-state index in [1.165, 1.54) is 0 Å². The summed E-state index contributed by atoms with van der Waals surface area (Å²) in [6.07, 6.45) is -0.910. The predicted molar refractivity (Wildman–Crippen MR) is 30.3 cm³/mol. The zero-order valence-electron chi connectivity index (χ0n) is 6.07. The summed E-state index contributed by atoms with van der Waals surface area (Å²) in [5, 5.41) is 0. The van der Waals surface area contributed by atoms with Crippen molar-refractivity contribution in [3.05, 3.63) is 6.92 Å². The Morgan fingerprint density at radius 1 is 1.62 bits per heavy atom. The van der Waals surface area contributed by atoms with Gasteiger partial charge in [-0.05, 0) is 0 Å². The number of carbonyl (C=O) groups excluding carboxylic acids is 1. The minimum Gasteiger partial charge on any atom is -0.786 e. The van der Waals surface area contributed by atoms with E-state index in [1.807, 2.05) is 0 Å². The molecule has 13 heavy (non-hydrogen) atoms. The normalized spacial score (nSPS) is 20.3. The first-order valence-electron chi connectivity index (χ1n) is 2.67. The molecule has 1 fully saturated rings. The van der Waals surface area contributed by atoms with Gasteiger partial charge < -0.3 is 23.8 Å². The van der Waals surface area contributed by atoms with E-state index < -0.39 is 14.1 Å². The second-order valence-electron chi connectivity index (χ2n) is 1.73. The van der Waals surface area contributed by atoms with Gasteiger partial charge in [-0.25, -0.2) is 8.99 Å². The van der Waals surface area contributed by atoms with Crippen molar-refractivity contribution in [2.24, 2.45) is 0 Å². The smallest absolute Gasteiger partial charge is 0.786 e. The Bertz CT molecular complexity index is 197. The van der Waals surface area contributed by atoms with Crippen LogP contribution in [0.15, 0.2) is 0 Å². The summed E-state index contributed by atoms with van der Waals surface area (Å²) < 4.78 is 27.3. The average Bonchev–Trinajstić information content (AvgIpc) is 2.09. The van der Waals surface area contributed by atoms with E-state index in [9.17, 15) is 8.99 Å². The molecule has 1 radical (unpaired) electrons. The number of carbonyl (C=O) groups is 1. The summed E-state index contributed by atoms with van der Waals surface area (Å²) in [6.45, 7) is 3.71. The van der Waals surface area contributed by atoms with E-state index in [0.29, 0.717) is 6.61 Å². The van der Waals surface area contributed by atoms with Crippen LogP contribution in [0.25, 0.3) is 0 Å². The molecule has 1 aliphatic rings. The van der Waals surface area contributed by atoms with Gasteiger partial charge in [-0.2, -0.15) is 0 Å². The van der Waals surface area contributed by atoms with Gasteiger partial charge in [-0.15, -0.1) is 0 Å². The van der Waals surface area contributed by atoms with Gasteiger partial charge in [0, 0.05) is 6.10 Å². The first kappa shape index (κ1) is 15.3. The molecule has 1 heterocycles. The van der Waals surface area contributed by atoms with Crippen LogP contribution in [0.3, 0.4) is 0 Å². The van der Waals surface area contributed by atoms with Crippen molar-refractivity contribution in [3.8, 4) is 0 Å². The number of ether oxygens (including phenoxy) is 2. The molecule has 1 atom stereocenters. The summed E-state index contributed by atoms with van der Waals surface area (Å²) in [6, 6.07) is 0. The van der Waals surface area contributed by atoms with Gasteiger partial charge >= 0.3 is 23.2 Å². The van der Waals surface area contributed by atoms with Crippen molar-refractivity contribution >= 4 is 14.1 Å². The second kappa shape index (κ2) is 6.34. The molecule has 0 amide bonds. The molecule has 0 N–H and O–H groups in total. The molecule has 9 heteroatoms. The van der Waals surface area contributed by atoms with Crippen LogP contribution in [0.4, 0.5) is 8.99 Å². The number of hydrogen-bond donors (Lipinski definition) is 0. The molecule has 0 aromatic heterocycles. The monoisotopic (exact) mass is 262 g/mol. The van der Waals surface area contributed by atoms with Crippen molar-refractivity contribution in [1.29, 1.82) is 0 Å². The van der Waals surface area contributed by atoms with Crippen molar-refractivity contribution in [1.82, 2.24) is 0 Å². The van der Waals surface area contributed by atoms with E-state index in [2.05, 4.69) is 16.4 Å². The third-order valence-corrected chi connectivity index (χ3v) is 0.650. The fourth-order valence-corrected chi connectivity index (χ4v) is 0.365. The largest absolute Gasteiger partial charge is 2.00 e. The van der Waals surface area contributed by atoms with Crippen LogP contribution in [-0.4, -0.2) is 18.9 Å². The number of halogens is 1. The molecule has 1 unspecified atom stereocenters. The number of hydrogen-bond acceptors (Lipinski definition) is 6. The van der Waals surface area contributed by atoms with Gasteiger partial charge in [-0.3, -0.25) is 6.92 Å². The van der Waals surface area contributed by atoms with E-state index >= 15 is 0 Å². The SMILES string of the molecule is O=P([O-])([O-])F.[CH2-]C1COC(=O)O1.[Cu+2]. The maximum Gasteiger partial charge on any atom is 2.00 e. The quantitative estimate of drug-likeness (QED) is 0.244. The molecule has 0 bridgehead atoms. The van der Waals surface area contributed by atoms with Gasteiger partial charge in [0.2, 0.25) is 0 Å². The Balaban J connectivity index is 0. The molecule has 81 valence electrons. The summed E-state index contributed by atoms with van der Waals surface area (Å²) in [5.74, 6) is 0. The Hall–Kier alpha value is -0.131. The van der Waals surface area contributed by atoms with Gasteiger partial charge in [0.05, 0.1) is 0 Å². The van der Waals surface area contributed by atoms with E-state index in [1.54, 1.807) is 0 Å². The maximum absolute atomic E-state index is 10.1. The van der Waals surface area contributed by atoms with Crippen LogP contribution in [0.5, 0.6) is 0 Å². The number of rotatable bonds is 0. The van der Waals surface area contributed by atoms with Crippen LogP contribution in [0.1, 0.15) is 0 Å². The molecule has 0 spiro atoms. The fraction of sp³-hybridized carbons (Fsp3) is 0.500. The van der Waals surface area contributed by atoms with Crippen molar-refractivity contribution in [2.75, 3.05) is 6.61 Å². The molecule has 1 rings (SSSR count). The molecule has 6 nitrogen and oxygen atoms in total. The van der Waals surface area contributed by atoms with Crippen LogP contribution in [0, 0.1) is 6.92 Å². The molecular formula is C4H5CuFO6P-. The van der Waals surface area contributed by atoms with Crippen LogP contribution in [-0.2, 0) is 31.1 Å². The summed E-state index contributed by atoms with van der Waals surface area (Å²) in [5.41, 5.74) is 0. The van der Waals surface area contributed by atoms with Crippen molar-refractivity contribution in [3.63, 3.8) is 0 Å². The third-order valence-electron chi connectivity index (χ3n) is 0.650. The average molecular weight is 263 g/mol. The third kappa shape index (κ3) is 14.7. The van der Waals surface area contributed by atoms with Crippen LogP contribution < -0.4 is 9.79 Å². The zero-order valence-corrected chi connectivity index (χ0v) is 7.90. The molecule has 0 aromatic rings. The molecule has 0 saturated carbocycles. The van der Waals surface area contributed by atoms with Crippen LogP contribution >= 0.6 is 7.91 Å².